The van der Waals surface area contributed by atoms with Gasteiger partial charge in [0.2, 0.25) is 6.23 Å². The fraction of sp³-hybridized carbons (Fsp3) is 0.150. The van der Waals surface area contributed by atoms with E-state index in [1.54, 1.807) is 6.26 Å². The number of furan rings is 1. The number of hydrazone groups is 1. The highest BCUT2D eigenvalue weighted by Gasteiger charge is 2.42. The number of hydrogen-bond acceptors (Lipinski definition) is 4. The van der Waals surface area contributed by atoms with Crippen LogP contribution in [0.5, 0.6) is 5.75 Å². The minimum Gasteiger partial charge on any atom is -0.464 e. The number of benzene rings is 2. The predicted molar refractivity (Wildman–Crippen MR) is 103 cm³/mol. The van der Waals surface area contributed by atoms with Gasteiger partial charge in [-0.05, 0) is 36.4 Å². The molecule has 3 aromatic rings. The maximum atomic E-state index is 6.46. The summed E-state index contributed by atoms with van der Waals surface area (Å²) in [6.07, 6.45) is 2.04. The molecule has 2 aliphatic rings. The topological polar surface area (TPSA) is 38.0 Å². The highest BCUT2D eigenvalue weighted by Crippen LogP contribution is 2.49. The van der Waals surface area contributed by atoms with E-state index in [2.05, 4.69) is 22.0 Å². The van der Waals surface area contributed by atoms with Crippen molar-refractivity contribution < 1.29 is 9.15 Å². The Hall–Kier alpha value is -2.24. The Balaban J connectivity index is 1.64. The molecule has 0 radical (unpaired) electrons. The fourth-order valence-corrected chi connectivity index (χ4v) is 4.14. The first kappa shape index (κ1) is 16.0. The van der Waals surface area contributed by atoms with Gasteiger partial charge in [0.05, 0.1) is 12.3 Å². The number of rotatable bonds is 2. The minimum absolute atomic E-state index is 0.0672. The average Bonchev–Trinajstić information content (AvgIpc) is 3.31. The van der Waals surface area contributed by atoms with Crippen LogP contribution in [0.25, 0.3) is 0 Å². The van der Waals surface area contributed by atoms with Crippen LogP contribution in [0.3, 0.4) is 0 Å². The summed E-state index contributed by atoms with van der Waals surface area (Å²) in [5.74, 6) is 1.64. The molecule has 0 spiro atoms. The van der Waals surface area contributed by atoms with Crippen LogP contribution >= 0.6 is 27.5 Å². The van der Waals surface area contributed by atoms with Crippen LogP contribution in [0.1, 0.15) is 35.6 Å². The van der Waals surface area contributed by atoms with Crippen LogP contribution < -0.4 is 4.74 Å². The summed E-state index contributed by atoms with van der Waals surface area (Å²) in [5.41, 5.74) is 2.92. The van der Waals surface area contributed by atoms with Crippen LogP contribution in [-0.2, 0) is 0 Å². The van der Waals surface area contributed by atoms with Crippen molar-refractivity contribution in [2.75, 3.05) is 0 Å². The fourth-order valence-electron chi connectivity index (χ4n) is 3.53. The molecule has 26 heavy (non-hydrogen) atoms. The van der Waals surface area contributed by atoms with Crippen LogP contribution in [0.15, 0.2) is 74.9 Å². The SMILES string of the molecule is Clc1ccccc1[C@H]1Oc2ccc(Br)cc2[C@@H]2CC(c3ccco3)=NN12. The maximum Gasteiger partial charge on any atom is 0.215 e. The lowest BCUT2D eigenvalue weighted by Gasteiger charge is -2.38. The number of halogens is 2. The van der Waals surface area contributed by atoms with E-state index in [9.17, 15) is 0 Å². The highest BCUT2D eigenvalue weighted by molar-refractivity contribution is 9.10. The molecule has 1 aromatic heterocycles. The summed E-state index contributed by atoms with van der Waals surface area (Å²) < 4.78 is 12.9. The molecule has 2 aromatic carbocycles. The normalized spacial score (nSPS) is 21.0. The van der Waals surface area contributed by atoms with Gasteiger partial charge in [-0.1, -0.05) is 45.7 Å². The van der Waals surface area contributed by atoms with Gasteiger partial charge >= 0.3 is 0 Å². The van der Waals surface area contributed by atoms with E-state index in [0.717, 1.165) is 39.2 Å². The van der Waals surface area contributed by atoms with Gasteiger partial charge < -0.3 is 9.15 Å². The lowest BCUT2D eigenvalue weighted by atomic mass is 9.97. The monoisotopic (exact) mass is 428 g/mol. The van der Waals surface area contributed by atoms with Crippen LogP contribution in [0.2, 0.25) is 5.02 Å². The molecular formula is C20H14BrClN2O2. The molecule has 2 aliphatic heterocycles. The van der Waals surface area contributed by atoms with Crippen molar-refractivity contribution in [2.45, 2.75) is 18.7 Å². The second kappa shape index (κ2) is 6.18. The van der Waals surface area contributed by atoms with E-state index >= 15 is 0 Å². The molecule has 0 amide bonds. The summed E-state index contributed by atoms with van der Waals surface area (Å²) in [6.45, 7) is 0. The zero-order valence-corrected chi connectivity index (χ0v) is 15.9. The minimum atomic E-state index is -0.380. The Kier molecular flexibility index (Phi) is 3.80. The van der Waals surface area contributed by atoms with Crippen molar-refractivity contribution in [3.05, 3.63) is 87.2 Å². The van der Waals surface area contributed by atoms with E-state index in [1.807, 2.05) is 53.5 Å². The van der Waals surface area contributed by atoms with Crippen molar-refractivity contribution in [1.82, 2.24) is 5.01 Å². The zero-order valence-electron chi connectivity index (χ0n) is 13.6. The van der Waals surface area contributed by atoms with E-state index < -0.39 is 0 Å². The zero-order chi connectivity index (χ0) is 17.7. The van der Waals surface area contributed by atoms with E-state index in [0.29, 0.717) is 5.02 Å². The van der Waals surface area contributed by atoms with Gasteiger partial charge in [0.25, 0.3) is 0 Å². The number of nitrogens with zero attached hydrogens (tertiary/aromatic N) is 2. The molecule has 0 bridgehead atoms. The van der Waals surface area contributed by atoms with Crippen LogP contribution in [-0.4, -0.2) is 10.7 Å². The number of hydrogen-bond donors (Lipinski definition) is 0. The van der Waals surface area contributed by atoms with Crippen LogP contribution in [0.4, 0.5) is 0 Å². The second-order valence-electron chi connectivity index (χ2n) is 6.30. The summed E-state index contributed by atoms with van der Waals surface area (Å²) in [7, 11) is 0. The molecular weight excluding hydrogens is 416 g/mol. The molecule has 3 heterocycles. The Bertz CT molecular complexity index is 1000. The largest absolute Gasteiger partial charge is 0.464 e. The Labute approximate surface area is 164 Å². The van der Waals surface area contributed by atoms with Gasteiger partial charge in [0, 0.05) is 27.0 Å². The van der Waals surface area contributed by atoms with Crippen LogP contribution in [0, 0.1) is 0 Å². The maximum absolute atomic E-state index is 6.46. The van der Waals surface area contributed by atoms with E-state index in [1.165, 1.54) is 0 Å². The molecule has 6 heteroatoms. The van der Waals surface area contributed by atoms with Crippen molar-refractivity contribution in [3.63, 3.8) is 0 Å². The summed E-state index contributed by atoms with van der Waals surface area (Å²) >= 11 is 10.0. The molecule has 2 atom stereocenters. The van der Waals surface area contributed by atoms with Gasteiger partial charge in [0.1, 0.15) is 17.2 Å². The molecule has 130 valence electrons. The summed E-state index contributed by atoms with van der Waals surface area (Å²) in [6, 6.07) is 17.7. The first-order valence-electron chi connectivity index (χ1n) is 8.31. The smallest absolute Gasteiger partial charge is 0.215 e. The molecule has 4 nitrogen and oxygen atoms in total. The summed E-state index contributed by atoms with van der Waals surface area (Å²) in [4.78, 5) is 0. The summed E-state index contributed by atoms with van der Waals surface area (Å²) in [5, 5.41) is 7.50. The average molecular weight is 430 g/mol. The quantitative estimate of drug-likeness (QED) is 0.506. The Morgan fingerprint density at radius 1 is 1.08 bits per heavy atom. The third-order valence-electron chi connectivity index (χ3n) is 4.73. The highest BCUT2D eigenvalue weighted by atomic mass is 79.9. The molecule has 5 rings (SSSR count). The number of fused-ring (bicyclic) bond motifs is 3. The molecule has 0 aliphatic carbocycles. The predicted octanol–water partition coefficient (Wildman–Crippen LogP) is 5.94. The van der Waals surface area contributed by atoms with Crippen molar-refractivity contribution in [3.8, 4) is 5.75 Å². The molecule has 0 saturated carbocycles. The first-order chi connectivity index (χ1) is 12.7. The third-order valence-corrected chi connectivity index (χ3v) is 5.57. The molecule has 0 saturated heterocycles. The second-order valence-corrected chi connectivity index (χ2v) is 7.62. The Morgan fingerprint density at radius 2 is 1.96 bits per heavy atom. The van der Waals surface area contributed by atoms with E-state index in [-0.39, 0.29) is 12.3 Å². The standard InChI is InChI=1S/C20H14BrClN2O2/c21-12-7-8-18-14(10-12)17-11-16(19-6-3-9-25-19)23-24(17)20(26-18)13-4-1-2-5-15(13)22/h1-10,17,20H,11H2/t17-,20+/m0/s1. The molecule has 0 unspecified atom stereocenters. The van der Waals surface area contributed by atoms with Crippen molar-refractivity contribution in [1.29, 1.82) is 0 Å². The lowest BCUT2D eigenvalue weighted by Crippen LogP contribution is -2.33. The Morgan fingerprint density at radius 3 is 2.77 bits per heavy atom. The van der Waals surface area contributed by atoms with Gasteiger partial charge in [-0.25, -0.2) is 5.01 Å². The third kappa shape index (κ3) is 2.54. The van der Waals surface area contributed by atoms with Gasteiger partial charge in [-0.3, -0.25) is 0 Å². The van der Waals surface area contributed by atoms with Crippen molar-refractivity contribution in [2.24, 2.45) is 5.10 Å². The van der Waals surface area contributed by atoms with Gasteiger partial charge in [0.15, 0.2) is 0 Å². The first-order valence-corrected chi connectivity index (χ1v) is 9.48. The number of ether oxygens (including phenoxy) is 1. The van der Waals surface area contributed by atoms with Gasteiger partial charge in [-0.15, -0.1) is 0 Å². The van der Waals surface area contributed by atoms with Crippen molar-refractivity contribution >= 4 is 33.2 Å². The lowest BCUT2D eigenvalue weighted by molar-refractivity contribution is -0.0190. The molecule has 0 fully saturated rings. The van der Waals surface area contributed by atoms with Gasteiger partial charge in [-0.2, -0.15) is 5.10 Å². The van der Waals surface area contributed by atoms with E-state index in [4.69, 9.17) is 25.9 Å². The molecule has 0 N–H and O–H groups in total.